The third-order valence-electron chi connectivity index (χ3n) is 5.53. The minimum atomic E-state index is -3.96. The van der Waals surface area contributed by atoms with Gasteiger partial charge in [0.2, 0.25) is 0 Å². The van der Waals surface area contributed by atoms with Gasteiger partial charge in [-0.1, -0.05) is 31.0 Å². The van der Waals surface area contributed by atoms with Crippen LogP contribution in [0.3, 0.4) is 0 Å². The van der Waals surface area contributed by atoms with Crippen molar-refractivity contribution in [2.24, 2.45) is 0 Å². The fraction of sp³-hybridized carbons (Fsp3) is 0.500. The van der Waals surface area contributed by atoms with Crippen molar-refractivity contribution in [3.8, 4) is 5.75 Å². The second-order valence-corrected chi connectivity index (χ2v) is 10.3. The van der Waals surface area contributed by atoms with Gasteiger partial charge in [-0.3, -0.25) is 4.79 Å². The lowest BCUT2D eigenvalue weighted by molar-refractivity contribution is -0.144. The molecule has 2 rings (SSSR count). The number of unbranched alkanes of at least 4 members (excludes halogenated alkanes) is 3. The maximum Gasteiger partial charge on any atom is 0.323 e. The lowest BCUT2D eigenvalue weighted by atomic mass is 10.1. The van der Waals surface area contributed by atoms with Crippen LogP contribution in [0, 0.1) is 0 Å². The van der Waals surface area contributed by atoms with Gasteiger partial charge in [0.1, 0.15) is 5.75 Å². The first-order chi connectivity index (χ1) is 18.2. The van der Waals surface area contributed by atoms with Crippen LogP contribution in [0.5, 0.6) is 5.75 Å². The summed E-state index contributed by atoms with van der Waals surface area (Å²) in [5.41, 5.74) is 1.70. The van der Waals surface area contributed by atoms with Crippen LogP contribution >= 0.6 is 0 Å². The molecule has 0 aliphatic heterocycles. The maximum atomic E-state index is 12.1. The molecular formula is C26H38N2O9S. The predicted molar refractivity (Wildman–Crippen MR) is 139 cm³/mol. The van der Waals surface area contributed by atoms with E-state index in [2.05, 4.69) is 10.2 Å². The van der Waals surface area contributed by atoms with Crippen LogP contribution in [0.1, 0.15) is 55.4 Å². The fourth-order valence-electron chi connectivity index (χ4n) is 3.48. The van der Waals surface area contributed by atoms with Crippen molar-refractivity contribution in [3.05, 3.63) is 59.2 Å². The Kier molecular flexibility index (Phi) is 14.2. The van der Waals surface area contributed by atoms with Crippen molar-refractivity contribution >= 4 is 16.0 Å². The highest BCUT2D eigenvalue weighted by Crippen LogP contribution is 2.22. The highest BCUT2D eigenvalue weighted by Gasteiger charge is 2.16. The minimum absolute atomic E-state index is 0.0154. The monoisotopic (exact) mass is 554 g/mol. The number of rotatable bonds is 19. The van der Waals surface area contributed by atoms with E-state index in [1.54, 1.807) is 29.2 Å². The summed E-state index contributed by atoms with van der Waals surface area (Å²) in [6, 6.07) is 10.9. The van der Waals surface area contributed by atoms with E-state index in [0.29, 0.717) is 43.1 Å². The summed E-state index contributed by atoms with van der Waals surface area (Å²) in [7, 11) is -3.96. The zero-order valence-electron chi connectivity index (χ0n) is 21.6. The Bertz CT molecular complexity index is 1100. The van der Waals surface area contributed by atoms with Gasteiger partial charge in [0.05, 0.1) is 37.4 Å². The maximum absolute atomic E-state index is 12.1. The molecule has 0 saturated carbocycles. The van der Waals surface area contributed by atoms with E-state index in [9.17, 15) is 28.5 Å². The number of hydrogen-bond donors (Lipinski definition) is 5. The minimum Gasteiger partial charge on any atom is -0.508 e. The van der Waals surface area contributed by atoms with Gasteiger partial charge in [0.25, 0.3) is 10.0 Å². The van der Waals surface area contributed by atoms with Crippen LogP contribution in [-0.2, 0) is 42.3 Å². The standard InChI is InChI=1S/C26H38N2O9S/c1-20(30)37-28-38(33,34)24-8-6-7-21(15-24)19-36-14-13-35-12-5-3-2-4-11-27-17-26(32)22-9-10-25(31)23(16-22)18-29/h6-10,15-16,26-29,31-32H,2-5,11-14,17-19H2,1H3/t26-/m1/s1. The van der Waals surface area contributed by atoms with Gasteiger partial charge in [-0.15, -0.1) is 0 Å². The Morgan fingerprint density at radius 1 is 1.00 bits per heavy atom. The summed E-state index contributed by atoms with van der Waals surface area (Å²) >= 11 is 0. The molecule has 0 aliphatic rings. The van der Waals surface area contributed by atoms with Gasteiger partial charge in [-0.05, 0) is 59.7 Å². The molecule has 11 nitrogen and oxygen atoms in total. The number of carbonyl (C=O) groups excluding carboxylic acids is 1. The third-order valence-corrected chi connectivity index (χ3v) is 6.71. The first-order valence-electron chi connectivity index (χ1n) is 12.5. The molecule has 0 aliphatic carbocycles. The molecule has 2 aromatic rings. The molecule has 38 heavy (non-hydrogen) atoms. The molecule has 0 heterocycles. The molecule has 0 unspecified atom stereocenters. The molecule has 1 atom stereocenters. The molecule has 0 bridgehead atoms. The van der Waals surface area contributed by atoms with Crippen LogP contribution in [0.15, 0.2) is 47.4 Å². The van der Waals surface area contributed by atoms with Crippen molar-refractivity contribution in [1.29, 1.82) is 0 Å². The lowest BCUT2D eigenvalue weighted by Crippen LogP contribution is -2.26. The number of aromatic hydroxyl groups is 1. The molecule has 5 N–H and O–H groups in total. The number of benzene rings is 2. The molecule has 0 radical (unpaired) electrons. The van der Waals surface area contributed by atoms with Gasteiger partial charge in [-0.25, -0.2) is 8.42 Å². The Balaban J connectivity index is 1.47. The summed E-state index contributed by atoms with van der Waals surface area (Å²) in [5.74, 6) is -0.746. The first kappa shape index (κ1) is 31.6. The number of carbonyl (C=O) groups is 1. The van der Waals surface area contributed by atoms with E-state index in [1.807, 2.05) is 0 Å². The number of aliphatic hydroxyl groups is 2. The Hall–Kier alpha value is -2.58. The van der Waals surface area contributed by atoms with Gasteiger partial charge in [-0.2, -0.15) is 0 Å². The van der Waals surface area contributed by atoms with Crippen molar-refractivity contribution in [1.82, 2.24) is 10.2 Å². The van der Waals surface area contributed by atoms with Gasteiger partial charge < -0.3 is 34.9 Å². The Morgan fingerprint density at radius 2 is 1.76 bits per heavy atom. The second-order valence-electron chi connectivity index (χ2n) is 8.67. The average molecular weight is 555 g/mol. The van der Waals surface area contributed by atoms with Crippen molar-refractivity contribution in [2.75, 3.05) is 32.9 Å². The summed E-state index contributed by atoms with van der Waals surface area (Å²) in [5, 5.41) is 32.3. The first-order valence-corrected chi connectivity index (χ1v) is 14.0. The average Bonchev–Trinajstić information content (AvgIpc) is 2.90. The molecule has 0 amide bonds. The fourth-order valence-corrected chi connectivity index (χ4v) is 4.37. The van der Waals surface area contributed by atoms with Gasteiger partial charge >= 0.3 is 5.97 Å². The van der Waals surface area contributed by atoms with Crippen LogP contribution in [0.25, 0.3) is 0 Å². The lowest BCUT2D eigenvalue weighted by Gasteiger charge is -2.14. The largest absolute Gasteiger partial charge is 0.508 e. The summed E-state index contributed by atoms with van der Waals surface area (Å²) in [6.45, 7) is 3.63. The molecule has 12 heteroatoms. The topological polar surface area (TPSA) is 164 Å². The Labute approximate surface area is 223 Å². The second kappa shape index (κ2) is 17.1. The highest BCUT2D eigenvalue weighted by molar-refractivity contribution is 7.89. The SMILES string of the molecule is CC(=O)ONS(=O)(=O)c1cccc(COCCOCCCCCCNC[C@@H](O)c2ccc(O)c(CO)c2)c1. The summed E-state index contributed by atoms with van der Waals surface area (Å²) in [6.07, 6.45) is 3.24. The van der Waals surface area contributed by atoms with Crippen LogP contribution in [0.2, 0.25) is 0 Å². The van der Waals surface area contributed by atoms with E-state index in [4.69, 9.17) is 9.47 Å². The predicted octanol–water partition coefficient (Wildman–Crippen LogP) is 2.06. The van der Waals surface area contributed by atoms with Crippen molar-refractivity contribution in [3.63, 3.8) is 0 Å². The molecule has 0 spiro atoms. The summed E-state index contributed by atoms with van der Waals surface area (Å²) in [4.78, 5) is 16.9. The van der Waals surface area contributed by atoms with Gasteiger partial charge in [0, 0.05) is 25.6 Å². The van der Waals surface area contributed by atoms with E-state index in [-0.39, 0.29) is 23.9 Å². The van der Waals surface area contributed by atoms with Crippen LogP contribution in [-0.4, -0.2) is 62.6 Å². The normalized spacial score (nSPS) is 12.4. The van der Waals surface area contributed by atoms with Crippen molar-refractivity contribution < 1.29 is 42.8 Å². The van der Waals surface area contributed by atoms with Crippen LogP contribution in [0.4, 0.5) is 0 Å². The number of sulfonamides is 1. The molecule has 0 fully saturated rings. The number of phenols is 1. The number of nitrogens with one attached hydrogen (secondary N) is 2. The Morgan fingerprint density at radius 3 is 2.53 bits per heavy atom. The van der Waals surface area contributed by atoms with Gasteiger partial charge in [0.15, 0.2) is 0 Å². The van der Waals surface area contributed by atoms with E-state index < -0.39 is 22.1 Å². The smallest absolute Gasteiger partial charge is 0.323 e. The quantitative estimate of drug-likeness (QED) is 0.128. The molecule has 0 aromatic heterocycles. The summed E-state index contributed by atoms with van der Waals surface area (Å²) < 4.78 is 35.3. The zero-order valence-corrected chi connectivity index (χ0v) is 22.4. The molecule has 2 aromatic carbocycles. The highest BCUT2D eigenvalue weighted by atomic mass is 32.2. The number of aliphatic hydroxyl groups excluding tert-OH is 2. The molecule has 212 valence electrons. The third kappa shape index (κ3) is 11.9. The number of ether oxygens (including phenoxy) is 2. The van der Waals surface area contributed by atoms with Crippen molar-refractivity contribution in [2.45, 2.75) is 56.8 Å². The number of hydrogen-bond acceptors (Lipinski definition) is 10. The molecular weight excluding hydrogens is 516 g/mol. The van der Waals surface area contributed by atoms with E-state index >= 15 is 0 Å². The van der Waals surface area contributed by atoms with Crippen LogP contribution < -0.4 is 10.2 Å². The van der Waals surface area contributed by atoms with E-state index in [0.717, 1.165) is 39.2 Å². The van der Waals surface area contributed by atoms with E-state index in [1.165, 1.54) is 18.2 Å². The zero-order chi connectivity index (χ0) is 27.8. The molecule has 0 saturated heterocycles.